The van der Waals surface area contributed by atoms with Gasteiger partial charge in [0.15, 0.2) is 0 Å². The molecule has 0 saturated heterocycles. The fraction of sp³-hybridized carbons (Fsp3) is 0.444. The van der Waals surface area contributed by atoms with Gasteiger partial charge in [-0.05, 0) is 110 Å². The third kappa shape index (κ3) is 3.25. The predicted octanol–water partition coefficient (Wildman–Crippen LogP) is 6.78. The molecule has 2 N–H and O–H groups in total. The van der Waals surface area contributed by atoms with Crippen molar-refractivity contribution in [2.75, 3.05) is 0 Å². The molecule has 0 amide bonds. The van der Waals surface area contributed by atoms with Gasteiger partial charge in [-0.1, -0.05) is 24.6 Å². The molecule has 2 atom stereocenters. The summed E-state index contributed by atoms with van der Waals surface area (Å²) in [6, 6.07) is 12.3. The molecule has 3 heteroatoms. The van der Waals surface area contributed by atoms with Gasteiger partial charge in [0.25, 0.3) is 0 Å². The van der Waals surface area contributed by atoms with Crippen LogP contribution in [0.25, 0.3) is 10.9 Å². The van der Waals surface area contributed by atoms with E-state index in [1.54, 1.807) is 12.1 Å². The Morgan fingerprint density at radius 2 is 1.87 bits per heavy atom. The van der Waals surface area contributed by atoms with E-state index in [0.717, 1.165) is 6.42 Å². The minimum Gasteiger partial charge on any atom is -0.478 e. The Hall–Kier alpha value is -2.55. The van der Waals surface area contributed by atoms with Gasteiger partial charge in [-0.3, -0.25) is 0 Å². The molecule has 5 rings (SSSR count). The number of nitrogens with one attached hydrogen (secondary N) is 1. The molecule has 0 bridgehead atoms. The average molecular weight is 402 g/mol. The Balaban J connectivity index is 1.50. The van der Waals surface area contributed by atoms with E-state index in [9.17, 15) is 9.90 Å². The highest BCUT2D eigenvalue weighted by Crippen LogP contribution is 2.57. The number of fused-ring (bicyclic) bond motifs is 1. The van der Waals surface area contributed by atoms with E-state index in [0.29, 0.717) is 22.8 Å². The van der Waals surface area contributed by atoms with Crippen LogP contribution >= 0.6 is 0 Å². The first-order chi connectivity index (χ1) is 14.5. The molecule has 2 fully saturated rings. The molecule has 0 radical (unpaired) electrons. The van der Waals surface area contributed by atoms with Gasteiger partial charge in [-0.15, -0.1) is 0 Å². The summed E-state index contributed by atoms with van der Waals surface area (Å²) in [7, 11) is 0. The summed E-state index contributed by atoms with van der Waals surface area (Å²) in [6.45, 7) is 4.44. The Morgan fingerprint density at radius 3 is 2.53 bits per heavy atom. The second kappa shape index (κ2) is 7.30. The van der Waals surface area contributed by atoms with Gasteiger partial charge in [-0.25, -0.2) is 4.79 Å². The van der Waals surface area contributed by atoms with Crippen LogP contribution in [0.1, 0.15) is 77.1 Å². The lowest BCUT2D eigenvalue weighted by molar-refractivity contribution is 0.0404. The molecular formula is C27H31NO2. The van der Waals surface area contributed by atoms with Crippen LogP contribution in [-0.4, -0.2) is 16.1 Å². The molecule has 2 aliphatic carbocycles. The number of H-pyrrole nitrogens is 1. The van der Waals surface area contributed by atoms with Crippen LogP contribution in [0, 0.1) is 25.2 Å². The van der Waals surface area contributed by atoms with Gasteiger partial charge in [-0.2, -0.15) is 0 Å². The van der Waals surface area contributed by atoms with E-state index in [-0.39, 0.29) is 0 Å². The summed E-state index contributed by atoms with van der Waals surface area (Å²) in [6.07, 6.45) is 11.1. The molecule has 0 aliphatic heterocycles. The molecule has 3 aromatic rings. The molecule has 1 heterocycles. The molecular weight excluding hydrogens is 370 g/mol. The minimum absolute atomic E-state index is 0.382. The molecule has 30 heavy (non-hydrogen) atoms. The zero-order valence-corrected chi connectivity index (χ0v) is 18.0. The van der Waals surface area contributed by atoms with Crippen molar-refractivity contribution in [3.63, 3.8) is 0 Å². The van der Waals surface area contributed by atoms with E-state index in [1.807, 2.05) is 0 Å². The summed E-state index contributed by atoms with van der Waals surface area (Å²) in [4.78, 5) is 14.7. The fourth-order valence-corrected chi connectivity index (χ4v) is 6.24. The summed E-state index contributed by atoms with van der Waals surface area (Å²) >= 11 is 0. The van der Waals surface area contributed by atoms with Gasteiger partial charge in [0, 0.05) is 17.1 Å². The van der Waals surface area contributed by atoms with Gasteiger partial charge in [0.1, 0.15) is 0 Å². The van der Waals surface area contributed by atoms with Gasteiger partial charge in [0.2, 0.25) is 0 Å². The Morgan fingerprint density at radius 1 is 1.10 bits per heavy atom. The maximum atomic E-state index is 11.3. The quantitative estimate of drug-likeness (QED) is 0.506. The fourth-order valence-electron chi connectivity index (χ4n) is 6.24. The second-order valence-electron chi connectivity index (χ2n) is 9.85. The third-order valence-electron chi connectivity index (χ3n) is 8.11. The molecule has 1 aromatic heterocycles. The van der Waals surface area contributed by atoms with Crippen LogP contribution in [0.5, 0.6) is 0 Å². The van der Waals surface area contributed by atoms with E-state index in [1.165, 1.54) is 71.7 Å². The summed E-state index contributed by atoms with van der Waals surface area (Å²) < 4.78 is 0. The van der Waals surface area contributed by atoms with Gasteiger partial charge >= 0.3 is 5.97 Å². The first-order valence-electron chi connectivity index (χ1n) is 11.4. The highest BCUT2D eigenvalue weighted by Gasteiger charge is 2.44. The number of carbonyl (C=O) groups is 1. The largest absolute Gasteiger partial charge is 0.478 e. The number of benzene rings is 2. The average Bonchev–Trinajstić information content (AvgIpc) is 3.20. The van der Waals surface area contributed by atoms with Crippen molar-refractivity contribution in [1.82, 2.24) is 4.98 Å². The standard InChI is InChI=1S/C27H31NO2/c1-17-14-18(2)25-22(9-13-28-25)23(17)15-21-8-12-27(10-3-11-27)16-24(21)19-4-6-20(7-5-19)26(29)30/h4-7,9,13-14,21,24,28H,3,8,10-12,15-16H2,1-2H3,(H,29,30)/t21-,24-/m0/s1. The topological polar surface area (TPSA) is 53.1 Å². The number of hydrogen-bond acceptors (Lipinski definition) is 1. The summed E-state index contributed by atoms with van der Waals surface area (Å²) in [5.74, 6) is 0.269. The zero-order valence-electron chi connectivity index (χ0n) is 18.0. The van der Waals surface area contributed by atoms with Crippen molar-refractivity contribution < 1.29 is 9.90 Å². The molecule has 156 valence electrons. The first kappa shape index (κ1) is 19.4. The van der Waals surface area contributed by atoms with Crippen molar-refractivity contribution >= 4 is 16.9 Å². The third-order valence-corrected chi connectivity index (χ3v) is 8.11. The monoisotopic (exact) mass is 401 g/mol. The SMILES string of the molecule is Cc1cc(C)c2[nH]ccc2c1C[C@@H]1CCC2(CCC2)C[C@H]1c1ccc(C(=O)O)cc1. The van der Waals surface area contributed by atoms with E-state index >= 15 is 0 Å². The molecule has 1 spiro atoms. The maximum absolute atomic E-state index is 11.3. The van der Waals surface area contributed by atoms with Crippen molar-refractivity contribution in [2.24, 2.45) is 11.3 Å². The Kier molecular flexibility index (Phi) is 4.72. The number of aromatic amines is 1. The smallest absolute Gasteiger partial charge is 0.335 e. The number of carboxylic acids is 1. The Bertz CT molecular complexity index is 1090. The highest BCUT2D eigenvalue weighted by molar-refractivity contribution is 5.88. The highest BCUT2D eigenvalue weighted by atomic mass is 16.4. The number of rotatable bonds is 4. The molecule has 0 unspecified atom stereocenters. The molecule has 3 nitrogen and oxygen atoms in total. The van der Waals surface area contributed by atoms with Crippen LogP contribution in [0.15, 0.2) is 42.6 Å². The van der Waals surface area contributed by atoms with Crippen LogP contribution in [0.4, 0.5) is 0 Å². The lowest BCUT2D eigenvalue weighted by Crippen LogP contribution is -2.38. The molecule has 2 aromatic carbocycles. The lowest BCUT2D eigenvalue weighted by Gasteiger charge is -2.51. The van der Waals surface area contributed by atoms with Crippen molar-refractivity contribution in [3.8, 4) is 0 Å². The predicted molar refractivity (Wildman–Crippen MR) is 121 cm³/mol. The normalized spacial score (nSPS) is 22.9. The van der Waals surface area contributed by atoms with E-state index in [2.05, 4.69) is 49.3 Å². The number of carboxylic acid groups (broad SMARTS) is 1. The van der Waals surface area contributed by atoms with Gasteiger partial charge < -0.3 is 10.1 Å². The lowest BCUT2D eigenvalue weighted by atomic mass is 9.54. The van der Waals surface area contributed by atoms with Crippen LogP contribution in [-0.2, 0) is 6.42 Å². The number of aromatic nitrogens is 1. The van der Waals surface area contributed by atoms with Crippen molar-refractivity contribution in [3.05, 3.63) is 70.4 Å². The number of aryl methyl sites for hydroxylation is 2. The van der Waals surface area contributed by atoms with Crippen molar-refractivity contribution in [2.45, 2.75) is 64.7 Å². The van der Waals surface area contributed by atoms with Crippen LogP contribution in [0.2, 0.25) is 0 Å². The van der Waals surface area contributed by atoms with E-state index < -0.39 is 5.97 Å². The van der Waals surface area contributed by atoms with Crippen LogP contribution < -0.4 is 0 Å². The number of aromatic carboxylic acids is 1. The minimum atomic E-state index is -0.845. The molecule has 2 saturated carbocycles. The summed E-state index contributed by atoms with van der Waals surface area (Å²) in [5, 5.41) is 10.7. The molecule has 2 aliphatic rings. The van der Waals surface area contributed by atoms with Crippen LogP contribution in [0.3, 0.4) is 0 Å². The maximum Gasteiger partial charge on any atom is 0.335 e. The van der Waals surface area contributed by atoms with Gasteiger partial charge in [0.05, 0.1) is 5.56 Å². The van der Waals surface area contributed by atoms with E-state index in [4.69, 9.17) is 0 Å². The second-order valence-corrected chi connectivity index (χ2v) is 9.85. The number of hydrogen-bond donors (Lipinski definition) is 2. The zero-order chi connectivity index (χ0) is 20.9. The summed E-state index contributed by atoms with van der Waals surface area (Å²) in [5.41, 5.74) is 7.71. The Labute approximate surface area is 178 Å². The van der Waals surface area contributed by atoms with Crippen molar-refractivity contribution in [1.29, 1.82) is 0 Å². The first-order valence-corrected chi connectivity index (χ1v) is 11.4.